The van der Waals surface area contributed by atoms with Gasteiger partial charge in [-0.1, -0.05) is 12.1 Å². The van der Waals surface area contributed by atoms with Crippen LogP contribution in [-0.2, 0) is 6.42 Å². The lowest BCUT2D eigenvalue weighted by molar-refractivity contribution is 0.411. The molecule has 0 fully saturated rings. The normalized spacial score (nSPS) is 10.1. The minimum absolute atomic E-state index is 0.900. The highest BCUT2D eigenvalue weighted by Crippen LogP contribution is 2.28. The van der Waals surface area contributed by atoms with Gasteiger partial charge in [-0.15, -0.1) is 0 Å². The largest absolute Gasteiger partial charge is 0.496 e. The molecule has 72 valence electrons. The molecular weight excluding hydrogens is 248 g/mol. The van der Waals surface area contributed by atoms with Crippen LogP contribution in [0, 0.1) is 0 Å². The molecule has 0 amide bonds. The summed E-state index contributed by atoms with van der Waals surface area (Å²) < 4.78 is 6.27. The second-order valence-corrected chi connectivity index (χ2v) is 4.00. The van der Waals surface area contributed by atoms with Crippen molar-refractivity contribution in [2.75, 3.05) is 12.9 Å². The Labute approximate surface area is 93.0 Å². The summed E-state index contributed by atoms with van der Waals surface area (Å²) in [5.74, 6) is 1.82. The van der Waals surface area contributed by atoms with Gasteiger partial charge in [-0.05, 0) is 46.2 Å². The highest BCUT2D eigenvalue weighted by Gasteiger charge is 2.04. The molecule has 0 saturated carbocycles. The van der Waals surface area contributed by atoms with Gasteiger partial charge in [-0.25, -0.2) is 0 Å². The van der Waals surface area contributed by atoms with Gasteiger partial charge in [0.05, 0.1) is 11.6 Å². The first kappa shape index (κ1) is 10.9. The molecule has 0 heterocycles. The molecule has 0 aromatic heterocycles. The van der Waals surface area contributed by atoms with Crippen LogP contribution in [0.4, 0.5) is 0 Å². The molecule has 13 heavy (non-hydrogen) atoms. The quantitative estimate of drug-likeness (QED) is 0.818. The molecule has 0 aliphatic rings. The van der Waals surface area contributed by atoms with E-state index in [0.29, 0.717) is 0 Å². The van der Waals surface area contributed by atoms with Crippen molar-refractivity contribution in [3.63, 3.8) is 0 Å². The van der Waals surface area contributed by atoms with Crippen LogP contribution in [0.1, 0.15) is 12.0 Å². The van der Waals surface area contributed by atoms with E-state index < -0.39 is 0 Å². The smallest absolute Gasteiger partial charge is 0.133 e. The first-order valence-electron chi connectivity index (χ1n) is 4.22. The van der Waals surface area contributed by atoms with E-state index >= 15 is 0 Å². The number of hydrogen-bond acceptors (Lipinski definition) is 2. The molecule has 0 saturated heterocycles. The predicted molar refractivity (Wildman–Crippen MR) is 62.9 cm³/mol. The van der Waals surface area contributed by atoms with Gasteiger partial charge in [0.15, 0.2) is 0 Å². The maximum atomic E-state index is 5.20. The number of ether oxygens (including phenoxy) is 1. The standard InChI is InChI=1S/C10H13BrOS/c1-12-9-6-2-4-8(10(9)11)5-3-7-13/h2,4,6,13H,3,5,7H2,1H3. The highest BCUT2D eigenvalue weighted by molar-refractivity contribution is 9.10. The molecular formula is C10H13BrOS. The average molecular weight is 261 g/mol. The van der Waals surface area contributed by atoms with Gasteiger partial charge in [-0.3, -0.25) is 0 Å². The summed E-state index contributed by atoms with van der Waals surface area (Å²) in [6.45, 7) is 0. The van der Waals surface area contributed by atoms with Crippen molar-refractivity contribution in [3.8, 4) is 5.75 Å². The Balaban J connectivity index is 2.81. The number of halogens is 1. The molecule has 0 N–H and O–H groups in total. The summed E-state index contributed by atoms with van der Waals surface area (Å²) in [6.07, 6.45) is 2.14. The van der Waals surface area contributed by atoms with Crippen molar-refractivity contribution < 1.29 is 4.74 Å². The number of methoxy groups -OCH3 is 1. The van der Waals surface area contributed by atoms with Gasteiger partial charge in [0, 0.05) is 0 Å². The maximum absolute atomic E-state index is 5.20. The first-order valence-corrected chi connectivity index (χ1v) is 5.64. The molecule has 0 aliphatic carbocycles. The Hall–Kier alpha value is -0.150. The van der Waals surface area contributed by atoms with Crippen LogP contribution in [0.25, 0.3) is 0 Å². The third-order valence-electron chi connectivity index (χ3n) is 1.87. The number of thiol groups is 1. The Kier molecular flexibility index (Phi) is 4.67. The molecule has 1 aromatic rings. The van der Waals surface area contributed by atoms with Gasteiger partial charge < -0.3 is 4.74 Å². The zero-order valence-electron chi connectivity index (χ0n) is 7.59. The van der Waals surface area contributed by atoms with E-state index in [2.05, 4.69) is 34.6 Å². The SMILES string of the molecule is COc1cccc(CCCS)c1Br. The van der Waals surface area contributed by atoms with E-state index in [1.165, 1.54) is 5.56 Å². The van der Waals surface area contributed by atoms with Crippen LogP contribution >= 0.6 is 28.6 Å². The van der Waals surface area contributed by atoms with E-state index in [1.54, 1.807) is 7.11 Å². The fourth-order valence-electron chi connectivity index (χ4n) is 1.18. The minimum atomic E-state index is 0.900. The molecule has 3 heteroatoms. The van der Waals surface area contributed by atoms with Gasteiger partial charge in [0.1, 0.15) is 5.75 Å². The Morgan fingerprint density at radius 3 is 2.85 bits per heavy atom. The summed E-state index contributed by atoms with van der Waals surface area (Å²) in [5.41, 5.74) is 1.29. The van der Waals surface area contributed by atoms with Gasteiger partial charge >= 0.3 is 0 Å². The molecule has 0 atom stereocenters. The fraction of sp³-hybridized carbons (Fsp3) is 0.400. The molecule has 1 aromatic carbocycles. The summed E-state index contributed by atoms with van der Waals surface area (Å²) in [6, 6.07) is 6.07. The Bertz CT molecular complexity index is 276. The number of hydrogen-bond donors (Lipinski definition) is 1. The van der Waals surface area contributed by atoms with Crippen LogP contribution in [0.2, 0.25) is 0 Å². The van der Waals surface area contributed by atoms with E-state index in [4.69, 9.17) is 4.74 Å². The zero-order chi connectivity index (χ0) is 9.68. The summed E-state index contributed by atoms with van der Waals surface area (Å²) in [5, 5.41) is 0. The van der Waals surface area contributed by atoms with Crippen molar-refractivity contribution in [1.82, 2.24) is 0 Å². The van der Waals surface area contributed by atoms with Crippen molar-refractivity contribution in [2.24, 2.45) is 0 Å². The summed E-state index contributed by atoms with van der Waals surface area (Å²) in [7, 11) is 1.68. The van der Waals surface area contributed by atoms with E-state index in [9.17, 15) is 0 Å². The fourth-order valence-corrected chi connectivity index (χ4v) is 1.96. The van der Waals surface area contributed by atoms with Crippen molar-refractivity contribution in [3.05, 3.63) is 28.2 Å². The number of rotatable bonds is 4. The average Bonchev–Trinajstić information content (AvgIpc) is 2.16. The molecule has 0 unspecified atom stereocenters. The van der Waals surface area contributed by atoms with Crippen LogP contribution < -0.4 is 4.74 Å². The molecule has 0 radical (unpaired) electrons. The summed E-state index contributed by atoms with van der Waals surface area (Å²) >= 11 is 7.71. The number of aryl methyl sites for hydroxylation is 1. The molecule has 0 aliphatic heterocycles. The maximum Gasteiger partial charge on any atom is 0.133 e. The van der Waals surface area contributed by atoms with Crippen molar-refractivity contribution in [1.29, 1.82) is 0 Å². The lowest BCUT2D eigenvalue weighted by Crippen LogP contribution is -1.91. The number of benzene rings is 1. The first-order chi connectivity index (χ1) is 6.29. The van der Waals surface area contributed by atoms with Crippen LogP contribution in [0.3, 0.4) is 0 Å². The van der Waals surface area contributed by atoms with Crippen LogP contribution in [0.5, 0.6) is 5.75 Å². The lowest BCUT2D eigenvalue weighted by atomic mass is 10.1. The van der Waals surface area contributed by atoms with Crippen LogP contribution in [-0.4, -0.2) is 12.9 Å². The lowest BCUT2D eigenvalue weighted by Gasteiger charge is -2.07. The third kappa shape index (κ3) is 2.92. The molecule has 0 bridgehead atoms. The molecule has 1 rings (SSSR count). The molecule has 1 nitrogen and oxygen atoms in total. The highest BCUT2D eigenvalue weighted by atomic mass is 79.9. The Morgan fingerprint density at radius 2 is 2.23 bits per heavy atom. The van der Waals surface area contributed by atoms with Gasteiger partial charge in [-0.2, -0.15) is 12.6 Å². The van der Waals surface area contributed by atoms with E-state index in [1.807, 2.05) is 12.1 Å². The zero-order valence-corrected chi connectivity index (χ0v) is 10.1. The second kappa shape index (κ2) is 5.55. The monoisotopic (exact) mass is 260 g/mol. The summed E-state index contributed by atoms with van der Waals surface area (Å²) in [4.78, 5) is 0. The van der Waals surface area contributed by atoms with E-state index in [0.717, 1.165) is 28.8 Å². The molecule has 0 spiro atoms. The topological polar surface area (TPSA) is 9.23 Å². The van der Waals surface area contributed by atoms with Crippen LogP contribution in [0.15, 0.2) is 22.7 Å². The minimum Gasteiger partial charge on any atom is -0.496 e. The second-order valence-electron chi connectivity index (χ2n) is 2.76. The van der Waals surface area contributed by atoms with Gasteiger partial charge in [0.2, 0.25) is 0 Å². The predicted octanol–water partition coefficient (Wildman–Crippen LogP) is 3.32. The van der Waals surface area contributed by atoms with Crippen molar-refractivity contribution >= 4 is 28.6 Å². The van der Waals surface area contributed by atoms with Gasteiger partial charge in [0.25, 0.3) is 0 Å². The Morgan fingerprint density at radius 1 is 1.46 bits per heavy atom. The van der Waals surface area contributed by atoms with E-state index in [-0.39, 0.29) is 0 Å². The third-order valence-corrected chi connectivity index (χ3v) is 3.08. The van der Waals surface area contributed by atoms with Crippen molar-refractivity contribution in [2.45, 2.75) is 12.8 Å².